The van der Waals surface area contributed by atoms with Gasteiger partial charge >= 0.3 is 53.1 Å². The molecule has 0 saturated carbocycles. The van der Waals surface area contributed by atoms with E-state index in [4.69, 9.17) is 5.11 Å². The van der Waals surface area contributed by atoms with Crippen LogP contribution in [-0.2, 0) is 4.79 Å². The van der Waals surface area contributed by atoms with Gasteiger partial charge in [0.25, 0.3) is 0 Å². The first-order chi connectivity index (χ1) is 3.80. The first-order valence-corrected chi connectivity index (χ1v) is 4.44. The summed E-state index contributed by atoms with van der Waals surface area (Å²) in [5.41, 5.74) is 0. The summed E-state index contributed by atoms with van der Waals surface area (Å²) < 4.78 is 0.650. The van der Waals surface area contributed by atoms with Crippen molar-refractivity contribution in [1.82, 2.24) is 0 Å². The van der Waals surface area contributed by atoms with E-state index in [1.807, 2.05) is 6.08 Å². The number of hydrogen-bond donors (Lipinski definition) is 1. The van der Waals surface area contributed by atoms with Crippen molar-refractivity contribution in [2.24, 2.45) is 0 Å². The van der Waals surface area contributed by atoms with Gasteiger partial charge in [0, 0.05) is 0 Å². The Morgan fingerprint density at radius 3 is 2.88 bits per heavy atom. The Morgan fingerprint density at radius 1 is 1.88 bits per heavy atom. The molecule has 8 heavy (non-hydrogen) atoms. The second kappa shape index (κ2) is 2.33. The van der Waals surface area contributed by atoms with Crippen LogP contribution in [0.2, 0.25) is 5.32 Å². The van der Waals surface area contributed by atoms with Crippen LogP contribution in [0.25, 0.3) is 0 Å². The molecule has 0 atom stereocenters. The second-order valence-corrected chi connectivity index (χ2v) is 3.90. The molecule has 0 aromatic rings. The Hall–Kier alpha value is -0.271. The van der Waals surface area contributed by atoms with Crippen LogP contribution in [0.3, 0.4) is 0 Å². The van der Waals surface area contributed by atoms with Crippen molar-refractivity contribution in [2.75, 3.05) is 0 Å². The Bertz CT molecular complexity index is 139. The van der Waals surface area contributed by atoms with E-state index in [1.54, 1.807) is 0 Å². The number of rotatable bonds is 1. The quantitative estimate of drug-likeness (QED) is 0.591. The predicted octanol–water partition coefficient (Wildman–Crippen LogP) is 0.481. The molecule has 3 heteroatoms. The van der Waals surface area contributed by atoms with Crippen molar-refractivity contribution in [3.63, 3.8) is 0 Å². The average Bonchev–Trinajstić information content (AvgIpc) is 2.12. The third-order valence-electron chi connectivity index (χ3n) is 0.916. The molecule has 0 aliphatic carbocycles. The first-order valence-electron chi connectivity index (χ1n) is 2.37. The van der Waals surface area contributed by atoms with Gasteiger partial charge in [-0.1, -0.05) is 0 Å². The molecule has 0 aromatic carbocycles. The summed E-state index contributed by atoms with van der Waals surface area (Å²) in [5, 5.41) is 9.44. The Balaban J connectivity index is 2.57. The molecule has 0 fully saturated rings. The SMILES string of the molecule is O=C(O)C1=CCC[Se]1. The van der Waals surface area contributed by atoms with E-state index < -0.39 is 5.97 Å². The molecule has 0 saturated heterocycles. The van der Waals surface area contributed by atoms with Gasteiger partial charge in [-0.3, -0.25) is 0 Å². The number of hydrogen-bond acceptors (Lipinski definition) is 1. The fourth-order valence-corrected chi connectivity index (χ4v) is 2.28. The van der Waals surface area contributed by atoms with E-state index in [9.17, 15) is 4.79 Å². The Labute approximate surface area is 53.7 Å². The van der Waals surface area contributed by atoms with Crippen LogP contribution in [0, 0.1) is 0 Å². The molecule has 1 rings (SSSR count). The Morgan fingerprint density at radius 2 is 2.62 bits per heavy atom. The third kappa shape index (κ3) is 1.11. The molecule has 0 amide bonds. The van der Waals surface area contributed by atoms with Crippen LogP contribution in [0.4, 0.5) is 0 Å². The zero-order chi connectivity index (χ0) is 5.98. The van der Waals surface area contributed by atoms with Gasteiger partial charge in [-0.2, -0.15) is 0 Å². The topological polar surface area (TPSA) is 37.3 Å². The zero-order valence-electron chi connectivity index (χ0n) is 4.26. The number of carbonyl (C=O) groups is 1. The van der Waals surface area contributed by atoms with Crippen LogP contribution >= 0.6 is 0 Å². The van der Waals surface area contributed by atoms with Gasteiger partial charge < -0.3 is 0 Å². The van der Waals surface area contributed by atoms with Gasteiger partial charge in [0.05, 0.1) is 0 Å². The molecular formula is C5H6O2Se. The van der Waals surface area contributed by atoms with Crippen LogP contribution in [0.1, 0.15) is 6.42 Å². The maximum absolute atomic E-state index is 10.1. The molecule has 0 bridgehead atoms. The minimum absolute atomic E-state index is 0.270. The molecule has 44 valence electrons. The first kappa shape index (κ1) is 5.86. The molecule has 2 nitrogen and oxygen atoms in total. The fourth-order valence-electron chi connectivity index (χ4n) is 0.567. The van der Waals surface area contributed by atoms with Crippen LogP contribution in [0.15, 0.2) is 10.5 Å². The normalized spacial score (nSPS) is 18.2. The second-order valence-electron chi connectivity index (χ2n) is 1.51. The van der Waals surface area contributed by atoms with Crippen molar-refractivity contribution in [2.45, 2.75) is 11.7 Å². The van der Waals surface area contributed by atoms with Crippen molar-refractivity contribution in [1.29, 1.82) is 0 Å². The number of carboxylic acids is 1. The fraction of sp³-hybridized carbons (Fsp3) is 0.400. The molecule has 0 spiro atoms. The Kier molecular flexibility index (Phi) is 1.71. The van der Waals surface area contributed by atoms with Crippen molar-refractivity contribution < 1.29 is 9.90 Å². The summed E-state index contributed by atoms with van der Waals surface area (Å²) in [6, 6.07) is 0. The van der Waals surface area contributed by atoms with E-state index in [1.165, 1.54) is 0 Å². The molecule has 1 aliphatic rings. The van der Waals surface area contributed by atoms with Gasteiger partial charge in [0.15, 0.2) is 0 Å². The number of aliphatic carboxylic acids is 1. The van der Waals surface area contributed by atoms with Crippen LogP contribution in [0.5, 0.6) is 0 Å². The maximum atomic E-state index is 10.1. The number of allylic oxidation sites excluding steroid dienone is 1. The van der Waals surface area contributed by atoms with E-state index in [-0.39, 0.29) is 15.0 Å². The van der Waals surface area contributed by atoms with Crippen molar-refractivity contribution in [3.8, 4) is 0 Å². The molecule has 1 N–H and O–H groups in total. The van der Waals surface area contributed by atoms with E-state index in [0.717, 1.165) is 11.7 Å². The molecule has 1 heterocycles. The molecule has 1 aliphatic heterocycles. The summed E-state index contributed by atoms with van der Waals surface area (Å²) in [5.74, 6) is -0.720. The molecule has 0 unspecified atom stereocenters. The monoisotopic (exact) mass is 178 g/mol. The average molecular weight is 177 g/mol. The summed E-state index contributed by atoms with van der Waals surface area (Å²) in [7, 11) is 0. The van der Waals surface area contributed by atoms with Crippen LogP contribution in [-0.4, -0.2) is 26.0 Å². The summed E-state index contributed by atoms with van der Waals surface area (Å²) >= 11 is 0.270. The number of carboxylic acid groups (broad SMARTS) is 1. The van der Waals surface area contributed by atoms with Gasteiger partial charge in [-0.25, -0.2) is 0 Å². The summed E-state index contributed by atoms with van der Waals surface area (Å²) in [6.07, 6.45) is 2.80. The van der Waals surface area contributed by atoms with E-state index in [2.05, 4.69) is 0 Å². The standard InChI is InChI=1S/C5H6O2Se/c6-5(7)4-2-1-3-8-4/h2H,1,3H2,(H,6,7). The van der Waals surface area contributed by atoms with Gasteiger partial charge in [0.2, 0.25) is 0 Å². The van der Waals surface area contributed by atoms with Gasteiger partial charge in [-0.15, -0.1) is 0 Å². The molecule has 0 aromatic heterocycles. The molecule has 0 radical (unpaired) electrons. The van der Waals surface area contributed by atoms with Crippen molar-refractivity contribution >= 4 is 20.9 Å². The zero-order valence-corrected chi connectivity index (χ0v) is 5.97. The summed E-state index contributed by atoms with van der Waals surface area (Å²) in [6.45, 7) is 0. The van der Waals surface area contributed by atoms with Gasteiger partial charge in [-0.05, 0) is 0 Å². The molecular weight excluding hydrogens is 171 g/mol. The van der Waals surface area contributed by atoms with Crippen molar-refractivity contribution in [3.05, 3.63) is 10.5 Å². The van der Waals surface area contributed by atoms with Gasteiger partial charge in [0.1, 0.15) is 0 Å². The van der Waals surface area contributed by atoms with E-state index in [0.29, 0.717) is 4.47 Å². The minimum atomic E-state index is -0.720. The summed E-state index contributed by atoms with van der Waals surface area (Å²) in [4.78, 5) is 10.1. The third-order valence-corrected chi connectivity index (χ3v) is 3.21. The van der Waals surface area contributed by atoms with Crippen LogP contribution < -0.4 is 0 Å². The van der Waals surface area contributed by atoms with E-state index >= 15 is 0 Å². The predicted molar refractivity (Wildman–Crippen MR) is 30.9 cm³/mol.